The molecule has 4 rings (SSSR count). The summed E-state index contributed by atoms with van der Waals surface area (Å²) in [6, 6.07) is 12.2. The van der Waals surface area contributed by atoms with Crippen LogP contribution >= 0.6 is 22.7 Å². The van der Waals surface area contributed by atoms with Crippen molar-refractivity contribution in [2.75, 3.05) is 7.11 Å². The number of carbonyl (C=O) groups is 1. The fraction of sp³-hybridized carbons (Fsp3) is 0.150. The van der Waals surface area contributed by atoms with Crippen molar-refractivity contribution >= 4 is 38.9 Å². The minimum Gasteiger partial charge on any atom is -0.467 e. The number of aryl methyl sites for hydroxylation is 1. The minimum atomic E-state index is -0.878. The molecule has 7 heteroatoms. The molecule has 4 aromatic rings. The highest BCUT2D eigenvalue weighted by Crippen LogP contribution is 2.34. The number of carbonyl (C=O) groups excluding carboxylic acids is 1. The van der Waals surface area contributed by atoms with Crippen molar-refractivity contribution in [3.05, 3.63) is 75.0 Å². The summed E-state index contributed by atoms with van der Waals surface area (Å²) >= 11 is 3.01. The molecule has 0 aliphatic rings. The maximum absolute atomic E-state index is 13.5. The average molecular weight is 396 g/mol. The van der Waals surface area contributed by atoms with Gasteiger partial charge >= 0.3 is 5.97 Å². The second-order valence-corrected chi connectivity index (χ2v) is 7.78. The van der Waals surface area contributed by atoms with Gasteiger partial charge in [0.2, 0.25) is 0 Å². The molecule has 0 spiro atoms. The average Bonchev–Trinajstić information content (AvgIpc) is 3.34. The molecule has 0 saturated carbocycles. The first-order valence-electron chi connectivity index (χ1n) is 8.28. The molecule has 0 radical (unpaired) electrons. The normalized spacial score (nSPS) is 12.2. The van der Waals surface area contributed by atoms with Crippen LogP contribution in [0.25, 0.3) is 20.7 Å². The molecule has 3 aromatic heterocycles. The quantitative estimate of drug-likeness (QED) is 0.484. The molecule has 3 heterocycles. The molecule has 1 unspecified atom stereocenters. The van der Waals surface area contributed by atoms with Gasteiger partial charge in [-0.1, -0.05) is 36.4 Å². The number of benzene rings is 1. The van der Waals surface area contributed by atoms with Crippen molar-refractivity contribution in [2.45, 2.75) is 13.0 Å². The fourth-order valence-electron chi connectivity index (χ4n) is 3.16. The van der Waals surface area contributed by atoms with Crippen LogP contribution in [0.3, 0.4) is 0 Å². The molecule has 27 heavy (non-hydrogen) atoms. The topological polar surface area (TPSA) is 61.2 Å². The van der Waals surface area contributed by atoms with Crippen molar-refractivity contribution in [3.63, 3.8) is 0 Å². The first kappa shape index (κ1) is 17.6. The third-order valence-corrected chi connectivity index (χ3v) is 6.18. The standard InChI is InChI=1S/C20H16N2O3S2/c1-12-21-18-16(14(11-27-18)15-9-6-10-26-15)19(23)22(12)17(20(24)25-2)13-7-4-3-5-8-13/h3-11,17H,1-2H3. The van der Waals surface area contributed by atoms with Gasteiger partial charge in [0.15, 0.2) is 6.04 Å². The number of aromatic nitrogens is 2. The number of rotatable bonds is 4. The number of nitrogens with zero attached hydrogens (tertiary/aromatic N) is 2. The van der Waals surface area contributed by atoms with Gasteiger partial charge in [-0.25, -0.2) is 9.78 Å². The molecule has 0 saturated heterocycles. The minimum absolute atomic E-state index is 0.235. The number of methoxy groups -OCH3 is 1. The molecule has 5 nitrogen and oxygen atoms in total. The Morgan fingerprint density at radius 1 is 1.15 bits per heavy atom. The van der Waals surface area contributed by atoms with Gasteiger partial charge in [0.05, 0.1) is 12.5 Å². The summed E-state index contributed by atoms with van der Waals surface area (Å²) in [6.45, 7) is 1.74. The Morgan fingerprint density at radius 2 is 1.93 bits per heavy atom. The highest BCUT2D eigenvalue weighted by Gasteiger charge is 2.28. The van der Waals surface area contributed by atoms with E-state index in [-0.39, 0.29) is 5.56 Å². The van der Waals surface area contributed by atoms with E-state index < -0.39 is 12.0 Å². The predicted octanol–water partition coefficient (Wildman–Crippen LogP) is 4.26. The number of esters is 1. The maximum Gasteiger partial charge on any atom is 0.333 e. The Kier molecular flexibility index (Phi) is 4.63. The summed E-state index contributed by atoms with van der Waals surface area (Å²) < 4.78 is 6.44. The lowest BCUT2D eigenvalue weighted by Gasteiger charge is -2.20. The van der Waals surface area contributed by atoms with Crippen LogP contribution in [-0.4, -0.2) is 22.6 Å². The highest BCUT2D eigenvalue weighted by atomic mass is 32.1. The van der Waals surface area contributed by atoms with Crippen LogP contribution < -0.4 is 5.56 Å². The third kappa shape index (κ3) is 2.98. The van der Waals surface area contributed by atoms with E-state index in [2.05, 4.69) is 4.98 Å². The largest absolute Gasteiger partial charge is 0.467 e. The van der Waals surface area contributed by atoms with Crippen LogP contribution in [0.2, 0.25) is 0 Å². The fourth-order valence-corrected chi connectivity index (χ4v) is 4.96. The molecule has 1 atom stereocenters. The lowest BCUT2D eigenvalue weighted by molar-refractivity contribution is -0.143. The van der Waals surface area contributed by atoms with E-state index in [4.69, 9.17) is 4.74 Å². The van der Waals surface area contributed by atoms with Crippen LogP contribution in [-0.2, 0) is 9.53 Å². The van der Waals surface area contributed by atoms with Crippen molar-refractivity contribution in [2.24, 2.45) is 0 Å². The Balaban J connectivity index is 2.01. The zero-order valence-corrected chi connectivity index (χ0v) is 16.3. The summed E-state index contributed by atoms with van der Waals surface area (Å²) in [7, 11) is 1.33. The van der Waals surface area contributed by atoms with Gasteiger partial charge in [-0.3, -0.25) is 9.36 Å². The lowest BCUT2D eigenvalue weighted by Crippen LogP contribution is -2.33. The summed E-state index contributed by atoms with van der Waals surface area (Å²) in [6.07, 6.45) is 0. The number of ether oxygens (including phenoxy) is 1. The van der Waals surface area contributed by atoms with Gasteiger partial charge in [0.1, 0.15) is 10.7 Å². The molecular formula is C20H16N2O3S2. The van der Waals surface area contributed by atoms with Crippen LogP contribution in [0.4, 0.5) is 0 Å². The number of hydrogen-bond acceptors (Lipinski definition) is 6. The molecule has 0 aliphatic carbocycles. The Bertz CT molecular complexity index is 1160. The Morgan fingerprint density at radius 3 is 2.59 bits per heavy atom. The van der Waals surface area contributed by atoms with Crippen molar-refractivity contribution in [3.8, 4) is 10.4 Å². The molecule has 0 fully saturated rings. The Hall–Kier alpha value is -2.77. The molecule has 0 N–H and O–H groups in total. The Labute approximate surface area is 163 Å². The summed E-state index contributed by atoms with van der Waals surface area (Å²) in [4.78, 5) is 32.4. The van der Waals surface area contributed by atoms with Crippen molar-refractivity contribution in [1.82, 2.24) is 9.55 Å². The van der Waals surface area contributed by atoms with Crippen molar-refractivity contribution in [1.29, 1.82) is 0 Å². The smallest absolute Gasteiger partial charge is 0.333 e. The van der Waals surface area contributed by atoms with Crippen LogP contribution in [0.15, 0.2) is 58.0 Å². The summed E-state index contributed by atoms with van der Waals surface area (Å²) in [5.74, 6) is -0.0215. The van der Waals surface area contributed by atoms with E-state index in [1.807, 2.05) is 53.2 Å². The molecule has 1 aromatic carbocycles. The second kappa shape index (κ2) is 7.09. The van der Waals surface area contributed by atoms with E-state index in [1.165, 1.54) is 23.0 Å². The summed E-state index contributed by atoms with van der Waals surface area (Å²) in [5, 5.41) is 4.46. The van der Waals surface area contributed by atoms with E-state index in [0.29, 0.717) is 21.6 Å². The van der Waals surface area contributed by atoms with E-state index >= 15 is 0 Å². The maximum atomic E-state index is 13.5. The molecule has 0 aliphatic heterocycles. The molecule has 0 bridgehead atoms. The third-order valence-electron chi connectivity index (χ3n) is 4.40. The van der Waals surface area contributed by atoms with Crippen LogP contribution in [0.5, 0.6) is 0 Å². The number of thiophene rings is 2. The van der Waals surface area contributed by atoms with Crippen LogP contribution in [0.1, 0.15) is 17.4 Å². The van der Waals surface area contributed by atoms with Gasteiger partial charge in [0.25, 0.3) is 5.56 Å². The van der Waals surface area contributed by atoms with E-state index in [9.17, 15) is 9.59 Å². The molecule has 0 amide bonds. The molecule has 136 valence electrons. The molecular weight excluding hydrogens is 380 g/mol. The van der Waals surface area contributed by atoms with Gasteiger partial charge in [-0.2, -0.15) is 0 Å². The van der Waals surface area contributed by atoms with Gasteiger partial charge < -0.3 is 4.74 Å². The van der Waals surface area contributed by atoms with Crippen LogP contribution in [0, 0.1) is 6.92 Å². The lowest BCUT2D eigenvalue weighted by atomic mass is 10.1. The number of hydrogen-bond donors (Lipinski definition) is 0. The van der Waals surface area contributed by atoms with Gasteiger partial charge in [-0.05, 0) is 23.9 Å². The van der Waals surface area contributed by atoms with Crippen molar-refractivity contribution < 1.29 is 9.53 Å². The SMILES string of the molecule is COC(=O)C(c1ccccc1)n1c(C)nc2scc(-c3cccs3)c2c1=O. The monoisotopic (exact) mass is 396 g/mol. The summed E-state index contributed by atoms with van der Waals surface area (Å²) in [5.41, 5.74) is 1.30. The van der Waals surface area contributed by atoms with Gasteiger partial charge in [-0.15, -0.1) is 22.7 Å². The first-order chi connectivity index (χ1) is 13.1. The van der Waals surface area contributed by atoms with E-state index in [0.717, 1.165) is 10.4 Å². The zero-order valence-electron chi connectivity index (χ0n) is 14.7. The number of fused-ring (bicyclic) bond motifs is 1. The van der Waals surface area contributed by atoms with E-state index in [1.54, 1.807) is 18.3 Å². The highest BCUT2D eigenvalue weighted by molar-refractivity contribution is 7.18. The van der Waals surface area contributed by atoms with Gasteiger partial charge in [0, 0.05) is 15.8 Å². The second-order valence-electron chi connectivity index (χ2n) is 5.98. The first-order valence-corrected chi connectivity index (χ1v) is 10.0. The predicted molar refractivity (Wildman–Crippen MR) is 109 cm³/mol. The zero-order chi connectivity index (χ0) is 19.0.